The maximum absolute atomic E-state index is 5.46. The van der Waals surface area contributed by atoms with E-state index in [1.54, 1.807) is 0 Å². The lowest BCUT2D eigenvalue weighted by atomic mass is 9.74. The highest BCUT2D eigenvalue weighted by Crippen LogP contribution is 2.38. The molecule has 1 saturated carbocycles. The molecule has 1 aliphatic heterocycles. The average Bonchev–Trinajstić information content (AvgIpc) is 3.36. The van der Waals surface area contributed by atoms with E-state index >= 15 is 0 Å². The van der Waals surface area contributed by atoms with Crippen LogP contribution in [0.5, 0.6) is 0 Å². The van der Waals surface area contributed by atoms with Crippen molar-refractivity contribution in [3.05, 3.63) is 23.8 Å². The number of hydrogen-bond donors (Lipinski definition) is 0. The lowest BCUT2D eigenvalue weighted by molar-refractivity contribution is 0.141. The van der Waals surface area contributed by atoms with Gasteiger partial charge in [0, 0.05) is 7.11 Å². The van der Waals surface area contributed by atoms with Gasteiger partial charge in [0.15, 0.2) is 0 Å². The zero-order chi connectivity index (χ0) is 14.5. The third-order valence-corrected chi connectivity index (χ3v) is 5.54. The standard InChI is InChI=1S/C19H30O2/c1-20-18-8-4-5-15(13-18)9-10-16-6-2-3-7-17(16)11-12-19-14-21-19/h4-5,13,16-19H,2-3,6-12,14H2,1H3. The van der Waals surface area contributed by atoms with Crippen molar-refractivity contribution in [3.8, 4) is 0 Å². The second-order valence-electron chi connectivity index (χ2n) is 7.03. The van der Waals surface area contributed by atoms with E-state index in [4.69, 9.17) is 9.47 Å². The van der Waals surface area contributed by atoms with Crippen LogP contribution in [0.1, 0.15) is 57.8 Å². The van der Waals surface area contributed by atoms with Crippen molar-refractivity contribution in [2.24, 2.45) is 11.8 Å². The topological polar surface area (TPSA) is 21.8 Å². The fourth-order valence-corrected chi connectivity index (χ4v) is 4.08. The number of methoxy groups -OCH3 is 1. The van der Waals surface area contributed by atoms with Crippen molar-refractivity contribution < 1.29 is 9.47 Å². The van der Waals surface area contributed by atoms with Gasteiger partial charge < -0.3 is 9.47 Å². The summed E-state index contributed by atoms with van der Waals surface area (Å²) >= 11 is 0. The van der Waals surface area contributed by atoms with Crippen molar-refractivity contribution >= 4 is 0 Å². The van der Waals surface area contributed by atoms with Crippen molar-refractivity contribution in [1.82, 2.24) is 0 Å². The molecular formula is C19H30O2. The first-order valence-corrected chi connectivity index (χ1v) is 8.87. The molecule has 0 aromatic carbocycles. The van der Waals surface area contributed by atoms with Gasteiger partial charge in [-0.3, -0.25) is 0 Å². The van der Waals surface area contributed by atoms with Crippen molar-refractivity contribution in [1.29, 1.82) is 0 Å². The van der Waals surface area contributed by atoms with E-state index in [9.17, 15) is 0 Å². The Morgan fingerprint density at radius 3 is 2.62 bits per heavy atom. The summed E-state index contributed by atoms with van der Waals surface area (Å²) in [5.41, 5.74) is 1.49. The largest absolute Gasteiger partial charge is 0.377 e. The SMILES string of the molecule is COC1C=C(CCC2CCCCC2CCC2CO2)C=CC1. The van der Waals surface area contributed by atoms with E-state index in [0.717, 1.165) is 24.9 Å². The van der Waals surface area contributed by atoms with Crippen LogP contribution in [0.3, 0.4) is 0 Å². The minimum atomic E-state index is 0.305. The molecule has 0 bridgehead atoms. The van der Waals surface area contributed by atoms with Crippen LogP contribution in [-0.2, 0) is 9.47 Å². The lowest BCUT2D eigenvalue weighted by Crippen LogP contribution is -2.20. The first-order chi connectivity index (χ1) is 10.3. The van der Waals surface area contributed by atoms with Gasteiger partial charge in [0.05, 0.1) is 18.8 Å². The van der Waals surface area contributed by atoms with Crippen molar-refractivity contribution in [2.45, 2.75) is 70.0 Å². The zero-order valence-corrected chi connectivity index (χ0v) is 13.4. The Kier molecular flexibility index (Phi) is 5.54. The molecule has 118 valence electrons. The Bertz CT molecular complexity index is 381. The van der Waals surface area contributed by atoms with Gasteiger partial charge in [-0.05, 0) is 49.5 Å². The summed E-state index contributed by atoms with van der Waals surface area (Å²) in [6.07, 6.45) is 19.9. The number of hydrogen-bond acceptors (Lipinski definition) is 2. The van der Waals surface area contributed by atoms with E-state index in [1.165, 1.54) is 56.9 Å². The minimum Gasteiger partial charge on any atom is -0.377 e. The third-order valence-electron chi connectivity index (χ3n) is 5.54. The van der Waals surface area contributed by atoms with Crippen molar-refractivity contribution in [3.63, 3.8) is 0 Å². The molecule has 21 heavy (non-hydrogen) atoms. The highest BCUT2D eigenvalue weighted by Gasteiger charge is 2.28. The molecule has 3 aliphatic rings. The molecular weight excluding hydrogens is 260 g/mol. The predicted octanol–water partition coefficient (Wildman–Crippen LogP) is 4.65. The van der Waals surface area contributed by atoms with Crippen LogP contribution < -0.4 is 0 Å². The summed E-state index contributed by atoms with van der Waals surface area (Å²) in [6, 6.07) is 0. The highest BCUT2D eigenvalue weighted by molar-refractivity contribution is 5.24. The fraction of sp³-hybridized carbons (Fsp3) is 0.789. The Balaban J connectivity index is 1.47. The van der Waals surface area contributed by atoms with Gasteiger partial charge in [0.1, 0.15) is 0 Å². The predicted molar refractivity (Wildman–Crippen MR) is 86.3 cm³/mol. The maximum atomic E-state index is 5.46. The molecule has 3 rings (SSSR count). The van der Waals surface area contributed by atoms with Crippen LogP contribution in [0.15, 0.2) is 23.8 Å². The van der Waals surface area contributed by atoms with Crippen LogP contribution in [0, 0.1) is 11.8 Å². The molecule has 4 unspecified atom stereocenters. The van der Waals surface area contributed by atoms with Gasteiger partial charge in [-0.2, -0.15) is 0 Å². The van der Waals surface area contributed by atoms with Crippen LogP contribution in [-0.4, -0.2) is 25.9 Å². The Hall–Kier alpha value is -0.600. The average molecular weight is 290 g/mol. The van der Waals surface area contributed by atoms with E-state index in [-0.39, 0.29) is 0 Å². The van der Waals surface area contributed by atoms with Crippen LogP contribution in [0.4, 0.5) is 0 Å². The van der Waals surface area contributed by atoms with Crippen LogP contribution in [0.25, 0.3) is 0 Å². The first kappa shape index (κ1) is 15.3. The first-order valence-electron chi connectivity index (χ1n) is 8.87. The molecule has 2 aliphatic carbocycles. The quantitative estimate of drug-likeness (QED) is 0.636. The van der Waals surface area contributed by atoms with Crippen LogP contribution >= 0.6 is 0 Å². The molecule has 0 aromatic rings. The molecule has 2 fully saturated rings. The van der Waals surface area contributed by atoms with E-state index < -0.39 is 0 Å². The monoisotopic (exact) mass is 290 g/mol. The third kappa shape index (κ3) is 4.69. The van der Waals surface area contributed by atoms with E-state index in [0.29, 0.717) is 12.2 Å². The smallest absolute Gasteiger partial charge is 0.0810 e. The molecule has 0 aromatic heterocycles. The molecule has 4 atom stereocenters. The molecule has 0 radical (unpaired) electrons. The van der Waals surface area contributed by atoms with E-state index in [1.807, 2.05) is 7.11 Å². The minimum absolute atomic E-state index is 0.305. The zero-order valence-electron chi connectivity index (χ0n) is 13.4. The molecule has 1 heterocycles. The summed E-state index contributed by atoms with van der Waals surface area (Å²) in [4.78, 5) is 0. The van der Waals surface area contributed by atoms with Crippen molar-refractivity contribution in [2.75, 3.05) is 13.7 Å². The van der Waals surface area contributed by atoms with Gasteiger partial charge in [0.25, 0.3) is 0 Å². The number of epoxide rings is 1. The summed E-state index contributed by atoms with van der Waals surface area (Å²) in [7, 11) is 1.81. The lowest BCUT2D eigenvalue weighted by Gasteiger charge is -2.32. The molecule has 1 saturated heterocycles. The molecule has 0 N–H and O–H groups in total. The molecule has 2 heteroatoms. The van der Waals surface area contributed by atoms with E-state index in [2.05, 4.69) is 18.2 Å². The van der Waals surface area contributed by atoms with Gasteiger partial charge >= 0.3 is 0 Å². The molecule has 0 spiro atoms. The van der Waals surface area contributed by atoms with Gasteiger partial charge in [-0.15, -0.1) is 0 Å². The molecule has 0 amide bonds. The number of rotatable bonds is 7. The fourth-order valence-electron chi connectivity index (χ4n) is 4.08. The number of allylic oxidation sites excluding steroid dienone is 2. The highest BCUT2D eigenvalue weighted by atomic mass is 16.6. The van der Waals surface area contributed by atoms with Gasteiger partial charge in [-0.1, -0.05) is 43.9 Å². The van der Waals surface area contributed by atoms with Gasteiger partial charge in [-0.25, -0.2) is 0 Å². The second-order valence-corrected chi connectivity index (χ2v) is 7.03. The summed E-state index contributed by atoms with van der Waals surface area (Å²) in [6.45, 7) is 1.02. The molecule has 2 nitrogen and oxygen atoms in total. The summed E-state index contributed by atoms with van der Waals surface area (Å²) in [5, 5.41) is 0. The maximum Gasteiger partial charge on any atom is 0.0810 e. The summed E-state index contributed by atoms with van der Waals surface area (Å²) in [5.74, 6) is 1.89. The Morgan fingerprint density at radius 2 is 1.90 bits per heavy atom. The number of ether oxygens (including phenoxy) is 2. The Labute approximate surface area is 129 Å². The summed E-state index contributed by atoms with van der Waals surface area (Å²) < 4.78 is 10.8. The normalized spacial score (nSPS) is 35.6. The Morgan fingerprint density at radius 1 is 1.14 bits per heavy atom. The second kappa shape index (κ2) is 7.60. The van der Waals surface area contributed by atoms with Gasteiger partial charge in [0.2, 0.25) is 0 Å². The van der Waals surface area contributed by atoms with Crippen LogP contribution in [0.2, 0.25) is 0 Å².